The van der Waals surface area contributed by atoms with Crippen LogP contribution in [0.5, 0.6) is 0 Å². The number of hydrogen-bond acceptors (Lipinski definition) is 3. The van der Waals surface area contributed by atoms with Crippen LogP contribution in [-0.2, 0) is 11.3 Å². The van der Waals surface area contributed by atoms with E-state index in [4.69, 9.17) is 22.1 Å². The van der Waals surface area contributed by atoms with E-state index in [2.05, 4.69) is 0 Å². The molecule has 5 heteroatoms. The Balaban J connectivity index is 2.08. The predicted octanol–water partition coefficient (Wildman–Crippen LogP) is 3.73. The standard InChI is InChI=1S/C15H13ClFNO2/c1-9-2-4-12(17)6-11(9)8-20-15(19)10-3-5-14(18)13(16)7-10/h2-7H,8,18H2,1H3. The van der Waals surface area contributed by atoms with Gasteiger partial charge in [-0.15, -0.1) is 0 Å². The molecule has 0 radical (unpaired) electrons. The van der Waals surface area contributed by atoms with Crippen LogP contribution in [-0.4, -0.2) is 5.97 Å². The molecule has 2 N–H and O–H groups in total. The zero-order chi connectivity index (χ0) is 14.7. The molecule has 2 aromatic carbocycles. The number of hydrogen-bond donors (Lipinski definition) is 1. The highest BCUT2D eigenvalue weighted by Gasteiger charge is 2.10. The Bertz CT molecular complexity index is 658. The Morgan fingerprint density at radius 3 is 2.75 bits per heavy atom. The van der Waals surface area contributed by atoms with Gasteiger partial charge in [0.25, 0.3) is 0 Å². The molecule has 0 heterocycles. The predicted molar refractivity (Wildman–Crippen MR) is 76.1 cm³/mol. The number of anilines is 1. The molecule has 0 aliphatic heterocycles. The molecule has 104 valence electrons. The topological polar surface area (TPSA) is 52.3 Å². The molecule has 0 fully saturated rings. The lowest BCUT2D eigenvalue weighted by Crippen LogP contribution is -2.06. The van der Waals surface area contributed by atoms with Gasteiger partial charge in [0.2, 0.25) is 0 Å². The summed E-state index contributed by atoms with van der Waals surface area (Å²) < 4.78 is 18.3. The fourth-order valence-corrected chi connectivity index (χ4v) is 1.86. The SMILES string of the molecule is Cc1ccc(F)cc1COC(=O)c1ccc(N)c(Cl)c1. The highest BCUT2D eigenvalue weighted by atomic mass is 35.5. The summed E-state index contributed by atoms with van der Waals surface area (Å²) in [5.74, 6) is -0.896. The van der Waals surface area contributed by atoms with Crippen molar-refractivity contribution in [3.63, 3.8) is 0 Å². The molecule has 0 atom stereocenters. The maximum absolute atomic E-state index is 13.1. The maximum atomic E-state index is 13.1. The van der Waals surface area contributed by atoms with Gasteiger partial charge >= 0.3 is 5.97 Å². The molecule has 20 heavy (non-hydrogen) atoms. The minimum Gasteiger partial charge on any atom is -0.457 e. The zero-order valence-electron chi connectivity index (χ0n) is 10.8. The van der Waals surface area contributed by atoms with Gasteiger partial charge in [-0.1, -0.05) is 17.7 Å². The summed E-state index contributed by atoms with van der Waals surface area (Å²) in [5, 5.41) is 0.293. The minimum absolute atomic E-state index is 0.00439. The van der Waals surface area contributed by atoms with Crippen LogP contribution in [0.2, 0.25) is 5.02 Å². The second-order valence-corrected chi connectivity index (χ2v) is 4.79. The van der Waals surface area contributed by atoms with Gasteiger partial charge in [-0.25, -0.2) is 9.18 Å². The van der Waals surface area contributed by atoms with Crippen molar-refractivity contribution in [3.8, 4) is 0 Å². The van der Waals surface area contributed by atoms with Gasteiger partial charge in [0.1, 0.15) is 12.4 Å². The second kappa shape index (κ2) is 5.92. The first-order valence-electron chi connectivity index (χ1n) is 5.94. The van der Waals surface area contributed by atoms with Crippen LogP contribution in [0.15, 0.2) is 36.4 Å². The van der Waals surface area contributed by atoms with Gasteiger partial charge in [0.15, 0.2) is 0 Å². The Kier molecular flexibility index (Phi) is 4.25. The van der Waals surface area contributed by atoms with Crippen LogP contribution in [0.1, 0.15) is 21.5 Å². The van der Waals surface area contributed by atoms with Crippen molar-refractivity contribution in [2.75, 3.05) is 5.73 Å². The maximum Gasteiger partial charge on any atom is 0.338 e. The molecule has 0 spiro atoms. The molecular formula is C15H13ClFNO2. The van der Waals surface area contributed by atoms with Crippen molar-refractivity contribution in [3.05, 3.63) is 63.9 Å². The van der Waals surface area contributed by atoms with E-state index < -0.39 is 5.97 Å². The van der Waals surface area contributed by atoms with Crippen molar-refractivity contribution in [1.82, 2.24) is 0 Å². The Morgan fingerprint density at radius 2 is 2.05 bits per heavy atom. The van der Waals surface area contributed by atoms with E-state index in [1.807, 2.05) is 6.92 Å². The molecule has 0 bridgehead atoms. The highest BCUT2D eigenvalue weighted by molar-refractivity contribution is 6.33. The quantitative estimate of drug-likeness (QED) is 0.693. The molecule has 0 aliphatic carbocycles. The molecule has 0 aliphatic rings. The smallest absolute Gasteiger partial charge is 0.338 e. The summed E-state index contributed by atoms with van der Waals surface area (Å²) in [4.78, 5) is 11.9. The molecule has 0 saturated heterocycles. The number of nitrogen functional groups attached to an aromatic ring is 1. The summed E-state index contributed by atoms with van der Waals surface area (Å²) in [6.07, 6.45) is 0. The van der Waals surface area contributed by atoms with Crippen LogP contribution in [0.3, 0.4) is 0 Å². The van der Waals surface area contributed by atoms with Crippen LogP contribution < -0.4 is 5.73 Å². The number of halogens is 2. The first-order chi connectivity index (χ1) is 9.47. The summed E-state index contributed by atoms with van der Waals surface area (Å²) >= 11 is 5.84. The van der Waals surface area contributed by atoms with E-state index in [-0.39, 0.29) is 12.4 Å². The third-order valence-corrected chi connectivity index (χ3v) is 3.23. The number of ether oxygens (including phenoxy) is 1. The van der Waals surface area contributed by atoms with Gasteiger partial charge < -0.3 is 10.5 Å². The lowest BCUT2D eigenvalue weighted by Gasteiger charge is -2.08. The van der Waals surface area contributed by atoms with Crippen LogP contribution in [0, 0.1) is 12.7 Å². The number of benzene rings is 2. The monoisotopic (exact) mass is 293 g/mol. The molecule has 0 unspecified atom stereocenters. The van der Waals surface area contributed by atoms with Crippen molar-refractivity contribution >= 4 is 23.3 Å². The molecule has 3 nitrogen and oxygen atoms in total. The Labute approximate surface area is 121 Å². The van der Waals surface area contributed by atoms with Crippen molar-refractivity contribution < 1.29 is 13.9 Å². The molecule has 0 amide bonds. The fourth-order valence-electron chi connectivity index (χ4n) is 1.68. The lowest BCUT2D eigenvalue weighted by molar-refractivity contribution is 0.0472. The number of aryl methyl sites for hydroxylation is 1. The number of nitrogens with two attached hydrogens (primary N) is 1. The van der Waals surface area contributed by atoms with Gasteiger partial charge in [-0.3, -0.25) is 0 Å². The normalized spacial score (nSPS) is 10.3. The summed E-state index contributed by atoms with van der Waals surface area (Å²) in [5.41, 5.74) is 7.74. The number of rotatable bonds is 3. The van der Waals surface area contributed by atoms with Crippen molar-refractivity contribution in [2.24, 2.45) is 0 Å². The van der Waals surface area contributed by atoms with E-state index in [0.717, 1.165) is 5.56 Å². The van der Waals surface area contributed by atoms with Crippen molar-refractivity contribution in [2.45, 2.75) is 13.5 Å². The van der Waals surface area contributed by atoms with Gasteiger partial charge in [0, 0.05) is 0 Å². The number of carbonyl (C=O) groups is 1. The van der Waals surface area contributed by atoms with E-state index in [1.54, 1.807) is 6.07 Å². The highest BCUT2D eigenvalue weighted by Crippen LogP contribution is 2.20. The van der Waals surface area contributed by atoms with Gasteiger partial charge in [0.05, 0.1) is 16.3 Å². The van der Waals surface area contributed by atoms with E-state index >= 15 is 0 Å². The first-order valence-corrected chi connectivity index (χ1v) is 6.32. The number of esters is 1. The fraction of sp³-hybridized carbons (Fsp3) is 0.133. The largest absolute Gasteiger partial charge is 0.457 e. The summed E-state index contributed by atoms with van der Waals surface area (Å²) in [6, 6.07) is 8.85. The summed E-state index contributed by atoms with van der Waals surface area (Å²) in [6.45, 7) is 1.83. The molecule has 0 saturated carbocycles. The van der Waals surface area contributed by atoms with E-state index in [1.165, 1.54) is 30.3 Å². The van der Waals surface area contributed by atoms with Crippen LogP contribution in [0.25, 0.3) is 0 Å². The summed E-state index contributed by atoms with van der Waals surface area (Å²) in [7, 11) is 0. The third-order valence-electron chi connectivity index (χ3n) is 2.91. The van der Waals surface area contributed by atoms with Crippen LogP contribution in [0.4, 0.5) is 10.1 Å². The molecular weight excluding hydrogens is 281 g/mol. The average molecular weight is 294 g/mol. The van der Waals surface area contributed by atoms with Crippen LogP contribution >= 0.6 is 11.6 Å². The Morgan fingerprint density at radius 1 is 1.30 bits per heavy atom. The minimum atomic E-state index is -0.532. The van der Waals surface area contributed by atoms with Gasteiger partial charge in [-0.05, 0) is 48.4 Å². The second-order valence-electron chi connectivity index (χ2n) is 4.38. The average Bonchev–Trinajstić information content (AvgIpc) is 2.42. The Hall–Kier alpha value is -2.07. The third kappa shape index (κ3) is 3.27. The molecule has 0 aromatic heterocycles. The molecule has 2 rings (SSSR count). The lowest BCUT2D eigenvalue weighted by atomic mass is 10.1. The van der Waals surface area contributed by atoms with Crippen molar-refractivity contribution in [1.29, 1.82) is 0 Å². The first kappa shape index (κ1) is 14.3. The van der Waals surface area contributed by atoms with E-state index in [9.17, 15) is 9.18 Å². The molecule has 2 aromatic rings. The van der Waals surface area contributed by atoms with E-state index in [0.29, 0.717) is 21.8 Å². The van der Waals surface area contributed by atoms with Gasteiger partial charge in [-0.2, -0.15) is 0 Å². The zero-order valence-corrected chi connectivity index (χ0v) is 11.6. The number of carbonyl (C=O) groups excluding carboxylic acids is 1.